The maximum absolute atomic E-state index is 5.86. The van der Waals surface area contributed by atoms with Gasteiger partial charge in [0.2, 0.25) is 0 Å². The molecule has 3 heteroatoms. The van der Waals surface area contributed by atoms with Crippen molar-refractivity contribution in [2.45, 2.75) is 13.5 Å². The topological polar surface area (TPSA) is 22.1 Å². The summed E-state index contributed by atoms with van der Waals surface area (Å²) in [6, 6.07) is 11.3. The summed E-state index contributed by atoms with van der Waals surface area (Å²) in [7, 11) is 0. The van der Waals surface area contributed by atoms with E-state index in [0.717, 1.165) is 17.0 Å². The smallest absolute Gasteiger partial charge is 0.130 e. The van der Waals surface area contributed by atoms with E-state index in [1.807, 2.05) is 37.3 Å². The highest BCUT2D eigenvalue weighted by molar-refractivity contribution is 6.30. The van der Waals surface area contributed by atoms with Crippen LogP contribution >= 0.6 is 11.6 Å². The first-order valence-electron chi connectivity index (χ1n) is 5.04. The number of ether oxygens (including phenoxy) is 1. The van der Waals surface area contributed by atoms with Crippen LogP contribution in [0.1, 0.15) is 11.3 Å². The van der Waals surface area contributed by atoms with E-state index in [1.54, 1.807) is 12.3 Å². The van der Waals surface area contributed by atoms with E-state index >= 15 is 0 Å². The highest BCUT2D eigenvalue weighted by Gasteiger charge is 2.00. The van der Waals surface area contributed by atoms with Crippen molar-refractivity contribution in [1.29, 1.82) is 0 Å². The summed E-state index contributed by atoms with van der Waals surface area (Å²) < 4.78 is 5.61. The number of rotatable bonds is 3. The first kappa shape index (κ1) is 11.0. The highest BCUT2D eigenvalue weighted by Crippen LogP contribution is 2.18. The lowest BCUT2D eigenvalue weighted by Crippen LogP contribution is -2.00. The molecule has 0 aliphatic heterocycles. The Labute approximate surface area is 99.9 Å². The molecule has 0 spiro atoms. The van der Waals surface area contributed by atoms with Gasteiger partial charge in [-0.15, -0.1) is 0 Å². The van der Waals surface area contributed by atoms with Crippen molar-refractivity contribution in [3.05, 3.63) is 58.9 Å². The van der Waals surface area contributed by atoms with Gasteiger partial charge in [0, 0.05) is 11.2 Å². The Bertz CT molecular complexity index is 485. The number of hydrogen-bond acceptors (Lipinski definition) is 2. The van der Waals surface area contributed by atoms with E-state index in [2.05, 4.69) is 4.98 Å². The molecule has 82 valence electrons. The standard InChI is InChI=1S/C13H12ClNO/c1-10-4-3-7-15-13(10)9-16-12-6-2-5-11(14)8-12/h2-8H,9H2,1H3. The third-order valence-corrected chi connectivity index (χ3v) is 2.52. The van der Waals surface area contributed by atoms with Gasteiger partial charge in [-0.2, -0.15) is 0 Å². The van der Waals surface area contributed by atoms with Crippen molar-refractivity contribution in [2.24, 2.45) is 0 Å². The second-order valence-electron chi connectivity index (χ2n) is 3.51. The zero-order chi connectivity index (χ0) is 11.4. The summed E-state index contributed by atoms with van der Waals surface area (Å²) >= 11 is 5.86. The fourth-order valence-electron chi connectivity index (χ4n) is 1.38. The van der Waals surface area contributed by atoms with Crippen molar-refractivity contribution in [1.82, 2.24) is 4.98 Å². The van der Waals surface area contributed by atoms with Gasteiger partial charge in [0.15, 0.2) is 0 Å². The normalized spacial score (nSPS) is 10.1. The summed E-state index contributed by atoms with van der Waals surface area (Å²) in [4.78, 5) is 4.26. The Hall–Kier alpha value is -1.54. The summed E-state index contributed by atoms with van der Waals surface area (Å²) in [5, 5.41) is 0.676. The van der Waals surface area contributed by atoms with Crippen LogP contribution in [0, 0.1) is 6.92 Å². The van der Waals surface area contributed by atoms with Crippen LogP contribution in [0.2, 0.25) is 5.02 Å². The number of nitrogens with zero attached hydrogens (tertiary/aromatic N) is 1. The van der Waals surface area contributed by atoms with Crippen LogP contribution in [-0.2, 0) is 6.61 Å². The first-order valence-corrected chi connectivity index (χ1v) is 5.42. The zero-order valence-electron chi connectivity index (χ0n) is 8.98. The molecular weight excluding hydrogens is 222 g/mol. The molecule has 0 saturated heterocycles. The summed E-state index contributed by atoms with van der Waals surface area (Å²) in [6.07, 6.45) is 1.77. The van der Waals surface area contributed by atoms with E-state index in [0.29, 0.717) is 11.6 Å². The van der Waals surface area contributed by atoms with Crippen LogP contribution < -0.4 is 4.74 Å². The molecule has 2 nitrogen and oxygen atoms in total. The van der Waals surface area contributed by atoms with Crippen LogP contribution in [0.3, 0.4) is 0 Å². The Morgan fingerprint density at radius 1 is 1.25 bits per heavy atom. The van der Waals surface area contributed by atoms with Gasteiger partial charge in [-0.1, -0.05) is 23.7 Å². The summed E-state index contributed by atoms with van der Waals surface area (Å²) in [5.41, 5.74) is 2.08. The Balaban J connectivity index is 2.05. The summed E-state index contributed by atoms with van der Waals surface area (Å²) in [5.74, 6) is 0.762. The monoisotopic (exact) mass is 233 g/mol. The van der Waals surface area contributed by atoms with Gasteiger partial charge < -0.3 is 4.74 Å². The third-order valence-electron chi connectivity index (χ3n) is 2.29. The largest absolute Gasteiger partial charge is 0.487 e. The van der Waals surface area contributed by atoms with Crippen LogP contribution in [-0.4, -0.2) is 4.98 Å². The maximum atomic E-state index is 5.86. The number of aromatic nitrogens is 1. The fourth-order valence-corrected chi connectivity index (χ4v) is 1.56. The SMILES string of the molecule is Cc1cccnc1COc1cccc(Cl)c1. The molecule has 1 aromatic heterocycles. The quantitative estimate of drug-likeness (QED) is 0.808. The molecule has 0 unspecified atom stereocenters. The van der Waals surface area contributed by atoms with Gasteiger partial charge in [0.1, 0.15) is 12.4 Å². The molecule has 0 fully saturated rings. The molecule has 0 amide bonds. The van der Waals surface area contributed by atoms with Crippen molar-refractivity contribution in [2.75, 3.05) is 0 Å². The van der Waals surface area contributed by atoms with Gasteiger partial charge in [-0.05, 0) is 36.8 Å². The van der Waals surface area contributed by atoms with Crippen LogP contribution in [0.4, 0.5) is 0 Å². The van der Waals surface area contributed by atoms with Gasteiger partial charge >= 0.3 is 0 Å². The molecule has 2 aromatic rings. The molecule has 1 heterocycles. The second-order valence-corrected chi connectivity index (χ2v) is 3.95. The van der Waals surface area contributed by atoms with E-state index < -0.39 is 0 Å². The number of hydrogen-bond donors (Lipinski definition) is 0. The fraction of sp³-hybridized carbons (Fsp3) is 0.154. The minimum Gasteiger partial charge on any atom is -0.487 e. The maximum Gasteiger partial charge on any atom is 0.130 e. The molecular formula is C13H12ClNO. The Morgan fingerprint density at radius 2 is 2.12 bits per heavy atom. The molecule has 2 rings (SSSR count). The predicted octanol–water partition coefficient (Wildman–Crippen LogP) is 3.62. The van der Waals surface area contributed by atoms with Crippen molar-refractivity contribution < 1.29 is 4.74 Å². The lowest BCUT2D eigenvalue weighted by molar-refractivity contribution is 0.300. The number of aryl methyl sites for hydroxylation is 1. The molecule has 0 atom stereocenters. The minimum absolute atomic E-state index is 0.465. The molecule has 16 heavy (non-hydrogen) atoms. The Morgan fingerprint density at radius 3 is 2.88 bits per heavy atom. The van der Waals surface area contributed by atoms with Crippen molar-refractivity contribution in [3.63, 3.8) is 0 Å². The lowest BCUT2D eigenvalue weighted by atomic mass is 10.2. The van der Waals surface area contributed by atoms with E-state index in [1.165, 1.54) is 0 Å². The van der Waals surface area contributed by atoms with E-state index in [-0.39, 0.29) is 0 Å². The average molecular weight is 234 g/mol. The molecule has 0 saturated carbocycles. The van der Waals surface area contributed by atoms with E-state index in [4.69, 9.17) is 16.3 Å². The van der Waals surface area contributed by atoms with E-state index in [9.17, 15) is 0 Å². The number of benzene rings is 1. The predicted molar refractivity (Wildman–Crippen MR) is 64.8 cm³/mol. The van der Waals surface area contributed by atoms with Crippen LogP contribution in [0.25, 0.3) is 0 Å². The van der Waals surface area contributed by atoms with Gasteiger partial charge in [0.25, 0.3) is 0 Å². The second kappa shape index (κ2) is 4.99. The lowest BCUT2D eigenvalue weighted by Gasteiger charge is -2.07. The summed E-state index contributed by atoms with van der Waals surface area (Å²) in [6.45, 7) is 2.48. The van der Waals surface area contributed by atoms with Gasteiger partial charge in [-0.3, -0.25) is 4.98 Å². The first-order chi connectivity index (χ1) is 7.75. The van der Waals surface area contributed by atoms with Crippen LogP contribution in [0.15, 0.2) is 42.6 Å². The third kappa shape index (κ3) is 2.74. The zero-order valence-corrected chi connectivity index (χ0v) is 9.74. The van der Waals surface area contributed by atoms with Crippen LogP contribution in [0.5, 0.6) is 5.75 Å². The molecule has 0 radical (unpaired) electrons. The highest BCUT2D eigenvalue weighted by atomic mass is 35.5. The Kier molecular flexibility index (Phi) is 3.42. The number of halogens is 1. The molecule has 0 bridgehead atoms. The average Bonchev–Trinajstić information content (AvgIpc) is 2.28. The van der Waals surface area contributed by atoms with Crippen molar-refractivity contribution in [3.8, 4) is 5.75 Å². The molecule has 0 aliphatic carbocycles. The van der Waals surface area contributed by atoms with Crippen molar-refractivity contribution >= 4 is 11.6 Å². The molecule has 0 N–H and O–H groups in total. The van der Waals surface area contributed by atoms with Gasteiger partial charge in [-0.25, -0.2) is 0 Å². The number of pyridine rings is 1. The van der Waals surface area contributed by atoms with Gasteiger partial charge in [0.05, 0.1) is 5.69 Å². The molecule has 1 aromatic carbocycles. The molecule has 0 aliphatic rings. The minimum atomic E-state index is 0.465.